The summed E-state index contributed by atoms with van der Waals surface area (Å²) < 4.78 is 6.32. The number of amides is 2. The van der Waals surface area contributed by atoms with Crippen molar-refractivity contribution in [3.8, 4) is 5.75 Å². The van der Waals surface area contributed by atoms with Gasteiger partial charge in [0.15, 0.2) is 11.4 Å². The number of hydrogen-bond donors (Lipinski definition) is 3. The Kier molecular flexibility index (Phi) is 12.0. The van der Waals surface area contributed by atoms with E-state index in [0.29, 0.717) is 67.9 Å². The zero-order valence-electron chi connectivity index (χ0n) is 28.9. The van der Waals surface area contributed by atoms with Crippen LogP contribution in [0.2, 0.25) is 25.1 Å². The monoisotopic (exact) mass is 796 g/mol. The van der Waals surface area contributed by atoms with Gasteiger partial charge in [-0.1, -0.05) is 76.6 Å². The maximum atomic E-state index is 14.8. The Morgan fingerprint density at radius 3 is 2.27 bits per heavy atom. The molecule has 2 saturated heterocycles. The summed E-state index contributed by atoms with van der Waals surface area (Å²) in [5, 5.41) is 12.0. The van der Waals surface area contributed by atoms with E-state index in [1.165, 1.54) is 12.4 Å². The van der Waals surface area contributed by atoms with E-state index in [1.807, 2.05) is 23.1 Å². The zero-order valence-corrected chi connectivity index (χ0v) is 32.7. The molecular formula is C37H45Cl5N6O3. The maximum absolute atomic E-state index is 14.8. The highest BCUT2D eigenvalue weighted by atomic mass is 35.5. The van der Waals surface area contributed by atoms with Crippen LogP contribution in [0.3, 0.4) is 0 Å². The normalized spacial score (nSPS) is 20.8. The Balaban J connectivity index is 1.28. The molecule has 1 unspecified atom stereocenters. The number of nitrogens with one attached hydrogen (secondary N) is 2. The number of nitrogens with two attached hydrogens (primary N) is 1. The molecule has 0 aromatic heterocycles. The number of allylic oxidation sites excluding steroid dienone is 1. The van der Waals surface area contributed by atoms with Gasteiger partial charge in [0.2, 0.25) is 5.91 Å². The van der Waals surface area contributed by atoms with Crippen LogP contribution < -0.4 is 20.7 Å². The first-order chi connectivity index (χ1) is 24.4. The average molecular weight is 799 g/mol. The molecule has 2 aliphatic heterocycles. The van der Waals surface area contributed by atoms with Crippen molar-refractivity contribution in [3.05, 3.63) is 60.6 Å². The molecule has 51 heavy (non-hydrogen) atoms. The molecule has 2 atom stereocenters. The highest BCUT2D eigenvalue weighted by Gasteiger charge is 2.46. The van der Waals surface area contributed by atoms with Crippen LogP contribution in [0.15, 0.2) is 24.4 Å². The molecule has 6 rings (SSSR count). The molecule has 276 valence electrons. The quantitative estimate of drug-likeness (QED) is 0.120. The second kappa shape index (κ2) is 15.9. The number of halogens is 5. The van der Waals surface area contributed by atoms with Crippen molar-refractivity contribution in [2.45, 2.75) is 76.5 Å². The van der Waals surface area contributed by atoms with Gasteiger partial charge in [-0.25, -0.2) is 0 Å². The lowest BCUT2D eigenvalue weighted by Gasteiger charge is -2.45. The molecule has 2 heterocycles. The molecule has 14 heteroatoms. The molecule has 0 spiro atoms. The number of benzene rings is 2. The number of anilines is 1. The highest BCUT2D eigenvalue weighted by molar-refractivity contribution is 6.52. The summed E-state index contributed by atoms with van der Waals surface area (Å²) in [6.45, 7) is 6.88. The van der Waals surface area contributed by atoms with Crippen molar-refractivity contribution in [2.75, 3.05) is 44.2 Å². The van der Waals surface area contributed by atoms with E-state index in [9.17, 15) is 9.59 Å². The summed E-state index contributed by atoms with van der Waals surface area (Å²) >= 11 is 34.3. The fourth-order valence-electron chi connectivity index (χ4n) is 7.57. The van der Waals surface area contributed by atoms with Crippen molar-refractivity contribution in [1.82, 2.24) is 15.1 Å². The predicted octanol–water partition coefficient (Wildman–Crippen LogP) is 8.24. The van der Waals surface area contributed by atoms with Gasteiger partial charge in [0, 0.05) is 68.3 Å². The summed E-state index contributed by atoms with van der Waals surface area (Å²) in [5.74, 6) is -0.0395. The van der Waals surface area contributed by atoms with Gasteiger partial charge in [-0.2, -0.15) is 0 Å². The van der Waals surface area contributed by atoms with E-state index in [0.717, 1.165) is 49.7 Å². The number of ether oxygens (including phenoxy) is 1. The lowest BCUT2D eigenvalue weighted by atomic mass is 9.75. The third kappa shape index (κ3) is 7.81. The Morgan fingerprint density at radius 1 is 0.980 bits per heavy atom. The second-order valence-corrected chi connectivity index (χ2v) is 16.4. The Labute approximate surface area is 325 Å². The Hall–Kier alpha value is -2.40. The number of piperidine rings is 1. The van der Waals surface area contributed by atoms with Crippen LogP contribution in [0.25, 0.3) is 5.57 Å². The van der Waals surface area contributed by atoms with E-state index < -0.39 is 5.60 Å². The van der Waals surface area contributed by atoms with Gasteiger partial charge in [0.05, 0.1) is 27.7 Å². The molecule has 0 radical (unpaired) electrons. The fourth-order valence-corrected chi connectivity index (χ4v) is 9.06. The van der Waals surface area contributed by atoms with Crippen LogP contribution >= 0.6 is 58.0 Å². The Morgan fingerprint density at radius 2 is 1.69 bits per heavy atom. The van der Waals surface area contributed by atoms with E-state index in [4.69, 9.17) is 73.9 Å². The van der Waals surface area contributed by atoms with Gasteiger partial charge in [-0.05, 0) is 75.5 Å². The SMILES string of the molecule is CC(C)(Oc1c(Cl)c(Cl)c(Cl)c(N2CCC[C@@H](C(=O)N(C3CC3)C(c3ccc(/C(C=N)=C/N)cc3Cl)C3CCC3)C2)c1Cl)C(=O)N1CCNCC1. The van der Waals surface area contributed by atoms with Gasteiger partial charge in [0.25, 0.3) is 5.91 Å². The van der Waals surface area contributed by atoms with Crippen molar-refractivity contribution in [3.63, 3.8) is 0 Å². The van der Waals surface area contributed by atoms with Crippen LogP contribution in [0, 0.1) is 17.2 Å². The molecule has 9 nitrogen and oxygen atoms in total. The number of rotatable bonds is 11. The van der Waals surface area contributed by atoms with E-state index in [2.05, 4.69) is 10.2 Å². The summed E-state index contributed by atoms with van der Waals surface area (Å²) in [4.78, 5) is 34.2. The van der Waals surface area contributed by atoms with Crippen LogP contribution in [-0.2, 0) is 9.59 Å². The van der Waals surface area contributed by atoms with Crippen LogP contribution in [0.1, 0.15) is 76.0 Å². The lowest BCUT2D eigenvalue weighted by molar-refractivity contribution is -0.146. The fraction of sp³-hybridized carbons (Fsp3) is 0.541. The van der Waals surface area contributed by atoms with E-state index >= 15 is 0 Å². The number of carbonyl (C=O) groups is 2. The smallest absolute Gasteiger partial charge is 0.266 e. The molecule has 2 aromatic rings. The first-order valence-electron chi connectivity index (χ1n) is 17.7. The van der Waals surface area contributed by atoms with Gasteiger partial charge < -0.3 is 35.9 Å². The molecule has 4 N–H and O–H groups in total. The largest absolute Gasteiger partial charge is 0.475 e. The van der Waals surface area contributed by atoms with Gasteiger partial charge >= 0.3 is 0 Å². The first-order valence-corrected chi connectivity index (χ1v) is 19.6. The highest BCUT2D eigenvalue weighted by Crippen LogP contribution is 2.53. The van der Waals surface area contributed by atoms with Gasteiger partial charge in [0.1, 0.15) is 10.0 Å². The van der Waals surface area contributed by atoms with Crippen molar-refractivity contribution in [2.24, 2.45) is 17.6 Å². The summed E-state index contributed by atoms with van der Waals surface area (Å²) in [6, 6.07) is 5.75. The molecular weight excluding hydrogens is 754 g/mol. The summed E-state index contributed by atoms with van der Waals surface area (Å²) in [5.41, 5.74) is 7.16. The minimum Gasteiger partial charge on any atom is -0.475 e. The van der Waals surface area contributed by atoms with E-state index in [1.54, 1.807) is 18.7 Å². The van der Waals surface area contributed by atoms with E-state index in [-0.39, 0.29) is 55.7 Å². The molecule has 2 saturated carbocycles. The van der Waals surface area contributed by atoms with Gasteiger partial charge in [-0.15, -0.1) is 0 Å². The first kappa shape index (κ1) is 38.3. The van der Waals surface area contributed by atoms with Crippen LogP contribution in [0.5, 0.6) is 5.75 Å². The summed E-state index contributed by atoms with van der Waals surface area (Å²) in [7, 11) is 0. The number of nitrogens with zero attached hydrogens (tertiary/aromatic N) is 3. The van der Waals surface area contributed by atoms with Crippen molar-refractivity contribution >= 4 is 87.3 Å². The molecule has 2 aliphatic carbocycles. The minimum atomic E-state index is -1.29. The number of piperazine rings is 1. The third-order valence-corrected chi connectivity index (χ3v) is 12.6. The standard InChI is InChI=1S/C37H45Cl5N6O3/c1-37(2,36(50)46-15-12-45-13-16-46)51-34-30(41)28(39)29(40)33(31(34)42)47-14-4-7-23(20-47)35(49)48(25-9-10-25)32(21-5-3-6-21)26-11-8-22(17-27(26)38)24(18-43)19-44/h8,11,17-19,21,23,25,32,43,45H,3-7,9-10,12-16,20,44H2,1-2H3/b24-19+,43-18?/t23-,32?/m1/s1. The minimum absolute atomic E-state index is 0.0297. The lowest BCUT2D eigenvalue weighted by Crippen LogP contribution is -2.54. The van der Waals surface area contributed by atoms with Crippen LogP contribution in [0.4, 0.5) is 5.69 Å². The zero-order chi connectivity index (χ0) is 36.6. The van der Waals surface area contributed by atoms with Crippen molar-refractivity contribution in [1.29, 1.82) is 5.41 Å². The van der Waals surface area contributed by atoms with Gasteiger partial charge in [-0.3, -0.25) is 9.59 Å². The second-order valence-electron chi connectivity index (χ2n) is 14.5. The molecule has 4 fully saturated rings. The topological polar surface area (TPSA) is 115 Å². The Bertz CT molecular complexity index is 1710. The number of carbonyl (C=O) groups excluding carboxylic acids is 2. The van der Waals surface area contributed by atoms with Crippen LogP contribution in [-0.4, -0.2) is 78.7 Å². The molecule has 4 aliphatic rings. The predicted molar refractivity (Wildman–Crippen MR) is 208 cm³/mol. The summed E-state index contributed by atoms with van der Waals surface area (Å²) in [6.07, 6.45) is 9.09. The maximum Gasteiger partial charge on any atom is 0.266 e. The molecule has 2 amide bonds. The molecule has 2 aromatic carbocycles. The number of hydrogen-bond acceptors (Lipinski definition) is 7. The average Bonchev–Trinajstić information content (AvgIpc) is 3.94. The van der Waals surface area contributed by atoms with Crippen molar-refractivity contribution < 1.29 is 14.3 Å². The third-order valence-electron chi connectivity index (χ3n) is 10.6. The molecule has 0 bridgehead atoms.